The van der Waals surface area contributed by atoms with Gasteiger partial charge in [0.25, 0.3) is 0 Å². The van der Waals surface area contributed by atoms with Gasteiger partial charge in [0.1, 0.15) is 11.7 Å². The molecule has 2 rings (SSSR count). The number of carbonyl (C=O) groups excluding carboxylic acids is 3. The average molecular weight is 260 g/mol. The van der Waals surface area contributed by atoms with Crippen LogP contribution in [0.1, 0.15) is 31.2 Å². The van der Waals surface area contributed by atoms with E-state index in [1.54, 1.807) is 6.92 Å². The van der Waals surface area contributed by atoms with Gasteiger partial charge in [-0.2, -0.15) is 0 Å². The summed E-state index contributed by atoms with van der Waals surface area (Å²) in [5.74, 6) is -2.20. The van der Waals surface area contributed by atoms with E-state index in [2.05, 4.69) is 0 Å². The number of Topliss-reactive ketones (excluding diaryl/α,β-unsaturated/α-hetero) is 2. The highest BCUT2D eigenvalue weighted by Crippen LogP contribution is 2.35. The first kappa shape index (κ1) is 13.5. The van der Waals surface area contributed by atoms with Crippen LogP contribution < -0.4 is 0 Å². The van der Waals surface area contributed by atoms with Crippen molar-refractivity contribution in [2.24, 2.45) is 5.92 Å². The SMILES string of the molecule is CCOC(=O)C1C(=O)CC(=O)CC1c1ccccc1. The maximum absolute atomic E-state index is 12.0. The molecule has 1 aromatic carbocycles. The van der Waals surface area contributed by atoms with Crippen LogP contribution in [-0.4, -0.2) is 24.1 Å². The van der Waals surface area contributed by atoms with Crippen LogP contribution in [0, 0.1) is 5.92 Å². The van der Waals surface area contributed by atoms with Gasteiger partial charge in [-0.3, -0.25) is 14.4 Å². The molecule has 0 N–H and O–H groups in total. The van der Waals surface area contributed by atoms with Gasteiger partial charge in [-0.1, -0.05) is 30.3 Å². The summed E-state index contributed by atoms with van der Waals surface area (Å²) in [7, 11) is 0. The number of carbonyl (C=O) groups is 3. The molecule has 4 heteroatoms. The van der Waals surface area contributed by atoms with Crippen molar-refractivity contribution in [1.29, 1.82) is 0 Å². The van der Waals surface area contributed by atoms with E-state index in [0.717, 1.165) is 5.56 Å². The van der Waals surface area contributed by atoms with Gasteiger partial charge in [-0.05, 0) is 12.5 Å². The summed E-state index contributed by atoms with van der Waals surface area (Å²) in [5, 5.41) is 0. The molecule has 1 fully saturated rings. The molecule has 1 saturated carbocycles. The second-order valence-electron chi connectivity index (χ2n) is 4.63. The van der Waals surface area contributed by atoms with E-state index in [4.69, 9.17) is 4.74 Å². The molecule has 1 aromatic rings. The predicted octanol–water partition coefficient (Wildman–Crippen LogP) is 1.88. The van der Waals surface area contributed by atoms with Crippen LogP contribution in [0.5, 0.6) is 0 Å². The van der Waals surface area contributed by atoms with E-state index < -0.39 is 17.8 Å². The summed E-state index contributed by atoms with van der Waals surface area (Å²) >= 11 is 0. The lowest BCUT2D eigenvalue weighted by Gasteiger charge is -2.28. The molecule has 2 unspecified atom stereocenters. The average Bonchev–Trinajstić information content (AvgIpc) is 2.39. The van der Waals surface area contributed by atoms with Gasteiger partial charge in [0.05, 0.1) is 13.0 Å². The minimum Gasteiger partial charge on any atom is -0.465 e. The van der Waals surface area contributed by atoms with Gasteiger partial charge in [0, 0.05) is 12.3 Å². The summed E-state index contributed by atoms with van der Waals surface area (Å²) in [6, 6.07) is 9.20. The first-order chi connectivity index (χ1) is 9.13. The van der Waals surface area contributed by atoms with Crippen LogP contribution in [0.25, 0.3) is 0 Å². The Kier molecular flexibility index (Phi) is 4.10. The Bertz CT molecular complexity index is 492. The minimum atomic E-state index is -0.847. The van der Waals surface area contributed by atoms with E-state index in [-0.39, 0.29) is 31.0 Å². The highest BCUT2D eigenvalue weighted by atomic mass is 16.5. The van der Waals surface area contributed by atoms with E-state index in [0.29, 0.717) is 0 Å². The summed E-state index contributed by atoms with van der Waals surface area (Å²) in [6.45, 7) is 1.94. The monoisotopic (exact) mass is 260 g/mol. The van der Waals surface area contributed by atoms with Crippen LogP contribution in [0.15, 0.2) is 30.3 Å². The molecular formula is C15H16O4. The zero-order chi connectivity index (χ0) is 13.8. The lowest BCUT2D eigenvalue weighted by atomic mass is 9.74. The quantitative estimate of drug-likeness (QED) is 0.615. The smallest absolute Gasteiger partial charge is 0.317 e. The molecule has 0 radical (unpaired) electrons. The Labute approximate surface area is 111 Å². The van der Waals surface area contributed by atoms with Crippen molar-refractivity contribution in [2.45, 2.75) is 25.7 Å². The lowest BCUT2D eigenvalue weighted by Crippen LogP contribution is -2.38. The molecule has 0 aromatic heterocycles. The molecule has 1 aliphatic carbocycles. The standard InChI is InChI=1S/C15H16O4/c1-2-19-15(18)14-12(8-11(16)9-13(14)17)10-6-4-3-5-7-10/h3-7,12,14H,2,8-9H2,1H3. The topological polar surface area (TPSA) is 60.4 Å². The first-order valence-corrected chi connectivity index (χ1v) is 6.39. The van der Waals surface area contributed by atoms with Crippen molar-refractivity contribution in [3.63, 3.8) is 0 Å². The Morgan fingerprint density at radius 2 is 1.95 bits per heavy atom. The van der Waals surface area contributed by atoms with Crippen LogP contribution >= 0.6 is 0 Å². The zero-order valence-corrected chi connectivity index (χ0v) is 10.8. The van der Waals surface area contributed by atoms with Gasteiger partial charge in [0.15, 0.2) is 5.78 Å². The number of rotatable bonds is 3. The number of esters is 1. The van der Waals surface area contributed by atoms with E-state index in [1.807, 2.05) is 30.3 Å². The molecule has 1 aliphatic rings. The van der Waals surface area contributed by atoms with Gasteiger partial charge < -0.3 is 4.74 Å². The summed E-state index contributed by atoms with van der Waals surface area (Å²) in [5.41, 5.74) is 0.835. The van der Waals surface area contributed by atoms with Gasteiger partial charge in [-0.25, -0.2) is 0 Å². The Morgan fingerprint density at radius 1 is 1.26 bits per heavy atom. The molecule has 19 heavy (non-hydrogen) atoms. The molecule has 0 bridgehead atoms. The van der Waals surface area contributed by atoms with E-state index in [9.17, 15) is 14.4 Å². The Balaban J connectivity index is 2.32. The Morgan fingerprint density at radius 3 is 2.58 bits per heavy atom. The largest absolute Gasteiger partial charge is 0.465 e. The van der Waals surface area contributed by atoms with Crippen molar-refractivity contribution in [3.05, 3.63) is 35.9 Å². The normalized spacial score (nSPS) is 23.2. The van der Waals surface area contributed by atoms with Crippen molar-refractivity contribution < 1.29 is 19.1 Å². The van der Waals surface area contributed by atoms with Gasteiger partial charge >= 0.3 is 5.97 Å². The zero-order valence-electron chi connectivity index (χ0n) is 10.8. The molecule has 0 saturated heterocycles. The van der Waals surface area contributed by atoms with E-state index >= 15 is 0 Å². The van der Waals surface area contributed by atoms with Gasteiger partial charge in [0.2, 0.25) is 0 Å². The highest BCUT2D eigenvalue weighted by Gasteiger charge is 2.42. The van der Waals surface area contributed by atoms with Crippen LogP contribution in [-0.2, 0) is 19.1 Å². The number of ether oxygens (including phenoxy) is 1. The maximum Gasteiger partial charge on any atom is 0.317 e. The molecule has 4 nitrogen and oxygen atoms in total. The lowest BCUT2D eigenvalue weighted by molar-refractivity contribution is -0.154. The second-order valence-corrected chi connectivity index (χ2v) is 4.63. The van der Waals surface area contributed by atoms with Crippen molar-refractivity contribution in [2.75, 3.05) is 6.61 Å². The van der Waals surface area contributed by atoms with Crippen LogP contribution in [0.4, 0.5) is 0 Å². The number of benzene rings is 1. The number of hydrogen-bond donors (Lipinski definition) is 0. The number of hydrogen-bond acceptors (Lipinski definition) is 4. The minimum absolute atomic E-state index is 0.112. The first-order valence-electron chi connectivity index (χ1n) is 6.39. The fourth-order valence-corrected chi connectivity index (χ4v) is 2.50. The van der Waals surface area contributed by atoms with Crippen molar-refractivity contribution in [3.8, 4) is 0 Å². The summed E-state index contributed by atoms with van der Waals surface area (Å²) in [4.78, 5) is 35.5. The third kappa shape index (κ3) is 2.89. The van der Waals surface area contributed by atoms with E-state index in [1.165, 1.54) is 0 Å². The fraction of sp³-hybridized carbons (Fsp3) is 0.400. The van der Waals surface area contributed by atoms with Crippen LogP contribution in [0.2, 0.25) is 0 Å². The van der Waals surface area contributed by atoms with Crippen LogP contribution in [0.3, 0.4) is 0 Å². The molecule has 0 heterocycles. The summed E-state index contributed by atoms with van der Waals surface area (Å²) < 4.78 is 4.97. The molecule has 0 aliphatic heterocycles. The highest BCUT2D eigenvalue weighted by molar-refractivity contribution is 6.11. The molecule has 2 atom stereocenters. The molecular weight excluding hydrogens is 244 g/mol. The third-order valence-electron chi connectivity index (χ3n) is 3.34. The van der Waals surface area contributed by atoms with Gasteiger partial charge in [-0.15, -0.1) is 0 Å². The van der Waals surface area contributed by atoms with Crippen molar-refractivity contribution >= 4 is 17.5 Å². The predicted molar refractivity (Wildman–Crippen MR) is 68.6 cm³/mol. The third-order valence-corrected chi connectivity index (χ3v) is 3.34. The second kappa shape index (κ2) is 5.78. The Hall–Kier alpha value is -1.97. The molecule has 100 valence electrons. The maximum atomic E-state index is 12.0. The molecule has 0 amide bonds. The summed E-state index contributed by atoms with van der Waals surface area (Å²) in [6.07, 6.45) is 0.0616. The molecule has 0 spiro atoms. The van der Waals surface area contributed by atoms with Crippen molar-refractivity contribution in [1.82, 2.24) is 0 Å². The number of ketones is 2. The fourth-order valence-electron chi connectivity index (χ4n) is 2.50.